The van der Waals surface area contributed by atoms with Crippen LogP contribution < -0.4 is 0 Å². The van der Waals surface area contributed by atoms with Crippen LogP contribution in [0.1, 0.15) is 26.7 Å². The molecule has 9 nitrogen and oxygen atoms in total. The fourth-order valence-corrected chi connectivity index (χ4v) is 2.06. The number of rotatable bonds is 6. The van der Waals surface area contributed by atoms with E-state index in [0.717, 1.165) is 23.6 Å². The maximum Gasteiger partial charge on any atom is 0.326 e. The van der Waals surface area contributed by atoms with E-state index in [9.17, 15) is 14.4 Å². The molecule has 0 aromatic carbocycles. The lowest BCUT2D eigenvalue weighted by Crippen LogP contribution is -2.43. The van der Waals surface area contributed by atoms with Crippen LogP contribution >= 0.6 is 0 Å². The van der Waals surface area contributed by atoms with E-state index >= 15 is 0 Å². The lowest BCUT2D eigenvalue weighted by atomic mass is 10.3. The third-order valence-electron chi connectivity index (χ3n) is 2.85. The van der Waals surface area contributed by atoms with Crippen molar-refractivity contribution < 1.29 is 23.9 Å². The van der Waals surface area contributed by atoms with Gasteiger partial charge in [0.1, 0.15) is 0 Å². The van der Waals surface area contributed by atoms with Crippen LogP contribution in [0, 0.1) is 22.7 Å². The van der Waals surface area contributed by atoms with Crippen LogP contribution in [0.3, 0.4) is 0 Å². The van der Waals surface area contributed by atoms with Gasteiger partial charge in [0, 0.05) is 26.9 Å². The Hall–Kier alpha value is -2.81. The molecule has 0 N–H and O–H groups in total. The number of hydrogen-bond acceptors (Lipinski definition) is 7. The Kier molecular flexibility index (Phi) is 6.14. The molecule has 0 radical (unpaired) electrons. The van der Waals surface area contributed by atoms with Gasteiger partial charge in [-0.15, -0.1) is 0 Å². The van der Waals surface area contributed by atoms with Gasteiger partial charge in [0.15, 0.2) is 0 Å². The minimum atomic E-state index is -1.14. The molecule has 1 aliphatic rings. The predicted molar refractivity (Wildman–Crippen MR) is 70.4 cm³/mol. The van der Waals surface area contributed by atoms with E-state index in [1.807, 2.05) is 12.1 Å². The normalized spacial score (nSPS) is 20.3. The van der Waals surface area contributed by atoms with Gasteiger partial charge < -0.3 is 9.47 Å². The maximum absolute atomic E-state index is 12.4. The molecule has 0 aromatic rings. The quantitative estimate of drug-likeness (QED) is 0.647. The number of nitriles is 2. The molecule has 0 spiro atoms. The Balaban J connectivity index is 3.07. The smallest absolute Gasteiger partial charge is 0.326 e. The molecule has 1 heterocycles. The first-order chi connectivity index (χ1) is 10.4. The van der Waals surface area contributed by atoms with E-state index in [-0.39, 0.29) is 25.9 Å². The molecule has 0 aliphatic carbocycles. The van der Waals surface area contributed by atoms with Crippen molar-refractivity contribution in [3.63, 3.8) is 0 Å². The summed E-state index contributed by atoms with van der Waals surface area (Å²) in [6.45, 7) is 2.37. The van der Waals surface area contributed by atoms with E-state index in [1.54, 1.807) is 0 Å². The summed E-state index contributed by atoms with van der Waals surface area (Å²) in [6, 6.07) is 3.23. The second-order valence-corrected chi connectivity index (χ2v) is 4.49. The van der Waals surface area contributed by atoms with Crippen LogP contribution in [0.5, 0.6) is 0 Å². The van der Waals surface area contributed by atoms with E-state index in [1.165, 1.54) is 0 Å². The maximum atomic E-state index is 12.4. The molecule has 0 bridgehead atoms. The van der Waals surface area contributed by atoms with E-state index in [0.29, 0.717) is 0 Å². The van der Waals surface area contributed by atoms with Crippen LogP contribution in [0.25, 0.3) is 0 Å². The SMILES string of the molecule is CC(=O)OC1C(OC(C)=O)N(CCC#N)C(=O)N1CCC#N. The lowest BCUT2D eigenvalue weighted by Gasteiger charge is -2.25. The number of amides is 2. The first-order valence-electron chi connectivity index (χ1n) is 6.58. The zero-order valence-electron chi connectivity index (χ0n) is 12.3. The number of nitrogens with zero attached hydrogens (tertiary/aromatic N) is 4. The van der Waals surface area contributed by atoms with Gasteiger partial charge in [0.25, 0.3) is 0 Å². The van der Waals surface area contributed by atoms with Crippen molar-refractivity contribution >= 4 is 18.0 Å². The summed E-state index contributed by atoms with van der Waals surface area (Å²) in [5.41, 5.74) is 0. The van der Waals surface area contributed by atoms with Crippen LogP contribution in [0.15, 0.2) is 0 Å². The average Bonchev–Trinajstić information content (AvgIpc) is 2.66. The largest absolute Gasteiger partial charge is 0.435 e. The van der Waals surface area contributed by atoms with Crippen molar-refractivity contribution in [3.8, 4) is 12.1 Å². The Morgan fingerprint density at radius 3 is 1.64 bits per heavy atom. The number of carbonyl (C=O) groups excluding carboxylic acids is 3. The van der Waals surface area contributed by atoms with E-state index < -0.39 is 30.4 Å². The number of urea groups is 1. The van der Waals surface area contributed by atoms with Gasteiger partial charge in [-0.25, -0.2) is 4.79 Å². The molecule has 2 atom stereocenters. The Morgan fingerprint density at radius 2 is 1.36 bits per heavy atom. The van der Waals surface area contributed by atoms with Gasteiger partial charge in [-0.05, 0) is 0 Å². The van der Waals surface area contributed by atoms with Gasteiger partial charge in [-0.2, -0.15) is 10.5 Å². The molecule has 22 heavy (non-hydrogen) atoms. The van der Waals surface area contributed by atoms with E-state index in [2.05, 4.69) is 0 Å². The number of esters is 2. The molecule has 2 unspecified atom stereocenters. The molecule has 1 fully saturated rings. The highest BCUT2D eigenvalue weighted by Gasteiger charge is 2.49. The number of hydrogen-bond donors (Lipinski definition) is 0. The minimum absolute atomic E-state index is 0.0219. The first-order valence-corrected chi connectivity index (χ1v) is 6.58. The zero-order valence-corrected chi connectivity index (χ0v) is 12.3. The van der Waals surface area contributed by atoms with Crippen molar-refractivity contribution in [1.82, 2.24) is 9.80 Å². The lowest BCUT2D eigenvalue weighted by molar-refractivity contribution is -0.180. The van der Waals surface area contributed by atoms with Crippen molar-refractivity contribution in [1.29, 1.82) is 10.5 Å². The molecule has 0 aromatic heterocycles. The molecule has 1 saturated heterocycles. The molecule has 1 rings (SSSR count). The zero-order chi connectivity index (χ0) is 16.7. The molecular formula is C13H16N4O5. The van der Waals surface area contributed by atoms with Crippen LogP contribution in [-0.4, -0.2) is 53.3 Å². The summed E-state index contributed by atoms with van der Waals surface area (Å²) in [4.78, 5) is 37.1. The van der Waals surface area contributed by atoms with Gasteiger partial charge >= 0.3 is 18.0 Å². The average molecular weight is 308 g/mol. The molecule has 2 amide bonds. The number of carbonyl (C=O) groups is 3. The van der Waals surface area contributed by atoms with Gasteiger partial charge in [0.05, 0.1) is 25.0 Å². The van der Waals surface area contributed by atoms with Crippen molar-refractivity contribution in [2.45, 2.75) is 39.1 Å². The van der Waals surface area contributed by atoms with Gasteiger partial charge in [-0.1, -0.05) is 0 Å². The van der Waals surface area contributed by atoms with Crippen LogP contribution in [0.4, 0.5) is 4.79 Å². The summed E-state index contributed by atoms with van der Waals surface area (Å²) in [6.07, 6.45) is -2.22. The van der Waals surface area contributed by atoms with Crippen LogP contribution in [0.2, 0.25) is 0 Å². The second-order valence-electron chi connectivity index (χ2n) is 4.49. The molecule has 9 heteroatoms. The van der Waals surface area contributed by atoms with E-state index in [4.69, 9.17) is 20.0 Å². The van der Waals surface area contributed by atoms with Crippen molar-refractivity contribution in [2.24, 2.45) is 0 Å². The fraction of sp³-hybridized carbons (Fsp3) is 0.615. The fourth-order valence-electron chi connectivity index (χ4n) is 2.06. The van der Waals surface area contributed by atoms with Crippen LogP contribution in [-0.2, 0) is 19.1 Å². The molecule has 1 aliphatic heterocycles. The summed E-state index contributed by atoms with van der Waals surface area (Å²) in [7, 11) is 0. The minimum Gasteiger partial charge on any atom is -0.435 e. The first kappa shape index (κ1) is 17.2. The van der Waals surface area contributed by atoms with Gasteiger partial charge in [0.2, 0.25) is 12.5 Å². The topological polar surface area (TPSA) is 124 Å². The summed E-state index contributed by atoms with van der Waals surface area (Å²) in [5.74, 6) is -1.31. The molecule has 0 saturated carbocycles. The Bertz CT molecular complexity index is 490. The second kappa shape index (κ2) is 7.84. The monoisotopic (exact) mass is 308 g/mol. The summed E-state index contributed by atoms with van der Waals surface area (Å²) in [5, 5.41) is 17.3. The Labute approximate surface area is 127 Å². The molecular weight excluding hydrogens is 292 g/mol. The molecule has 118 valence electrons. The highest BCUT2D eigenvalue weighted by Crippen LogP contribution is 2.26. The third-order valence-corrected chi connectivity index (χ3v) is 2.85. The number of ether oxygens (including phenoxy) is 2. The van der Waals surface area contributed by atoms with Crippen molar-refractivity contribution in [2.75, 3.05) is 13.1 Å². The summed E-state index contributed by atoms with van der Waals surface area (Å²) >= 11 is 0. The summed E-state index contributed by atoms with van der Waals surface area (Å²) < 4.78 is 10.1. The third kappa shape index (κ3) is 4.09. The highest BCUT2D eigenvalue weighted by atomic mass is 16.6. The van der Waals surface area contributed by atoms with Gasteiger partial charge in [-0.3, -0.25) is 19.4 Å². The predicted octanol–water partition coefficient (Wildman–Crippen LogP) is 0.330. The van der Waals surface area contributed by atoms with Crippen molar-refractivity contribution in [3.05, 3.63) is 0 Å². The highest BCUT2D eigenvalue weighted by molar-refractivity contribution is 5.79. The Morgan fingerprint density at radius 1 is 1.00 bits per heavy atom. The standard InChI is InChI=1S/C13H16N4O5/c1-9(18)21-11-12(22-10(2)19)17(8-4-6-15)13(20)16(11)7-3-5-14/h11-12H,3-4,7-8H2,1-2H3.